The fraction of sp³-hybridized carbons (Fsp3) is 0.526. The van der Waals surface area contributed by atoms with Gasteiger partial charge in [0.2, 0.25) is 0 Å². The van der Waals surface area contributed by atoms with Crippen molar-refractivity contribution < 1.29 is 0 Å². The Morgan fingerprint density at radius 2 is 2.04 bits per heavy atom. The smallest absolute Gasteiger partial charge is 0.107 e. The van der Waals surface area contributed by atoms with Gasteiger partial charge in [-0.3, -0.25) is 9.80 Å². The second-order valence-electron chi connectivity index (χ2n) is 6.84. The number of hydrogen-bond acceptors (Lipinski definition) is 4. The van der Waals surface area contributed by atoms with Gasteiger partial charge in [0.25, 0.3) is 0 Å². The summed E-state index contributed by atoms with van der Waals surface area (Å²) in [6.07, 6.45) is 7.36. The van der Waals surface area contributed by atoms with Crippen LogP contribution in [0, 0.1) is 0 Å². The minimum absolute atomic E-state index is 0.704. The van der Waals surface area contributed by atoms with Crippen LogP contribution in [-0.4, -0.2) is 40.0 Å². The Balaban J connectivity index is 1.39. The Kier molecular flexibility index (Phi) is 4.74. The molecule has 3 nitrogen and oxygen atoms in total. The molecule has 0 spiro atoms. The number of nitrogens with zero attached hydrogens (tertiary/aromatic N) is 3. The predicted octanol–water partition coefficient (Wildman–Crippen LogP) is 3.77. The molecule has 1 saturated carbocycles. The minimum Gasteiger partial charge on any atom is -0.295 e. The molecule has 23 heavy (non-hydrogen) atoms. The number of likely N-dealkylation sites (tertiary alicyclic amines) is 1. The van der Waals surface area contributed by atoms with Crippen molar-refractivity contribution in [1.82, 2.24) is 14.8 Å². The van der Waals surface area contributed by atoms with Gasteiger partial charge in [0.05, 0.1) is 6.54 Å². The largest absolute Gasteiger partial charge is 0.295 e. The van der Waals surface area contributed by atoms with Crippen LogP contribution < -0.4 is 0 Å². The molecule has 4 heteroatoms. The molecular weight excluding hydrogens is 302 g/mol. The lowest BCUT2D eigenvalue weighted by Crippen LogP contribution is -2.40. The quantitative estimate of drug-likeness (QED) is 0.771. The van der Waals surface area contributed by atoms with E-state index < -0.39 is 0 Å². The van der Waals surface area contributed by atoms with Crippen molar-refractivity contribution in [3.63, 3.8) is 0 Å². The molecule has 4 rings (SSSR count). The van der Waals surface area contributed by atoms with Gasteiger partial charge in [-0.1, -0.05) is 30.3 Å². The summed E-state index contributed by atoms with van der Waals surface area (Å²) in [6.45, 7) is 4.59. The maximum absolute atomic E-state index is 4.49. The zero-order chi connectivity index (χ0) is 15.5. The van der Waals surface area contributed by atoms with E-state index in [4.69, 9.17) is 0 Å². The molecule has 1 aliphatic carbocycles. The third-order valence-corrected chi connectivity index (χ3v) is 5.82. The van der Waals surface area contributed by atoms with E-state index >= 15 is 0 Å². The molecule has 0 bridgehead atoms. The molecule has 1 saturated heterocycles. The van der Waals surface area contributed by atoms with Crippen LogP contribution in [0.15, 0.2) is 41.9 Å². The fourth-order valence-corrected chi connectivity index (χ4v) is 4.33. The van der Waals surface area contributed by atoms with Crippen LogP contribution in [0.4, 0.5) is 0 Å². The second-order valence-corrected chi connectivity index (χ2v) is 7.82. The highest BCUT2D eigenvalue weighted by atomic mass is 32.1. The van der Waals surface area contributed by atoms with Gasteiger partial charge in [0.1, 0.15) is 5.01 Å². The summed E-state index contributed by atoms with van der Waals surface area (Å²) in [5, 5.41) is 3.36. The highest BCUT2D eigenvalue weighted by Crippen LogP contribution is 2.31. The Morgan fingerprint density at radius 3 is 2.78 bits per heavy atom. The van der Waals surface area contributed by atoms with Gasteiger partial charge in [-0.25, -0.2) is 4.98 Å². The van der Waals surface area contributed by atoms with Crippen molar-refractivity contribution in [2.24, 2.45) is 0 Å². The Hall–Kier alpha value is -1.23. The average Bonchev–Trinajstić information content (AvgIpc) is 3.13. The maximum atomic E-state index is 4.49. The molecule has 1 aromatic heterocycles. The topological polar surface area (TPSA) is 19.4 Å². The van der Waals surface area contributed by atoms with E-state index in [1.165, 1.54) is 49.3 Å². The summed E-state index contributed by atoms with van der Waals surface area (Å²) in [7, 11) is 0. The third kappa shape index (κ3) is 4.00. The molecule has 1 aromatic carbocycles. The number of hydrogen-bond donors (Lipinski definition) is 0. The van der Waals surface area contributed by atoms with Gasteiger partial charge in [-0.2, -0.15) is 0 Å². The molecule has 0 unspecified atom stereocenters. The molecule has 2 aliphatic rings. The van der Waals surface area contributed by atoms with E-state index in [0.29, 0.717) is 6.04 Å². The highest BCUT2D eigenvalue weighted by molar-refractivity contribution is 7.09. The maximum Gasteiger partial charge on any atom is 0.107 e. The number of aromatic nitrogens is 1. The van der Waals surface area contributed by atoms with Gasteiger partial charge in [0.15, 0.2) is 0 Å². The number of thiazole rings is 1. The third-order valence-electron chi connectivity index (χ3n) is 5.06. The number of benzene rings is 1. The number of rotatable bonds is 7. The Labute approximate surface area is 143 Å². The van der Waals surface area contributed by atoms with Crippen LogP contribution in [0.2, 0.25) is 0 Å². The Bertz CT molecular complexity index is 594. The van der Waals surface area contributed by atoms with E-state index in [1.54, 1.807) is 11.3 Å². The molecule has 1 aliphatic heterocycles. The summed E-state index contributed by atoms with van der Waals surface area (Å²) in [6, 6.07) is 12.4. The fourth-order valence-electron chi connectivity index (χ4n) is 3.69. The van der Waals surface area contributed by atoms with Crippen LogP contribution in [0.25, 0.3) is 0 Å². The summed E-state index contributed by atoms with van der Waals surface area (Å²) < 4.78 is 0. The summed E-state index contributed by atoms with van der Waals surface area (Å²) in [4.78, 5) is 9.87. The molecule has 122 valence electrons. The molecule has 2 fully saturated rings. The first-order valence-corrected chi connectivity index (χ1v) is 9.67. The molecular formula is C19H25N3S. The van der Waals surface area contributed by atoms with E-state index in [-0.39, 0.29) is 0 Å². The first-order valence-electron chi connectivity index (χ1n) is 8.79. The van der Waals surface area contributed by atoms with E-state index in [0.717, 1.165) is 19.1 Å². The molecule has 0 radical (unpaired) electrons. The average molecular weight is 327 g/mol. The molecule has 1 atom stereocenters. The zero-order valence-electron chi connectivity index (χ0n) is 13.6. The molecule has 2 aromatic rings. The van der Waals surface area contributed by atoms with Crippen molar-refractivity contribution >= 4 is 11.3 Å². The Morgan fingerprint density at radius 1 is 1.17 bits per heavy atom. The van der Waals surface area contributed by atoms with Crippen LogP contribution in [0.5, 0.6) is 0 Å². The van der Waals surface area contributed by atoms with Gasteiger partial charge >= 0.3 is 0 Å². The lowest BCUT2D eigenvalue weighted by molar-refractivity contribution is 0.156. The molecule has 0 amide bonds. The minimum atomic E-state index is 0.704. The first kappa shape index (κ1) is 15.3. The van der Waals surface area contributed by atoms with E-state index in [2.05, 4.69) is 50.5 Å². The van der Waals surface area contributed by atoms with Crippen molar-refractivity contribution in [2.45, 2.75) is 50.9 Å². The SMILES string of the molecule is c1ccc(CN2CCC[C@@H]2CN(Cc2nccs2)C2CC2)cc1. The van der Waals surface area contributed by atoms with Gasteiger partial charge < -0.3 is 0 Å². The highest BCUT2D eigenvalue weighted by Gasteiger charge is 2.34. The standard InChI is InChI=1S/C19H25N3S/c1-2-5-16(6-3-1)13-21-11-4-7-18(21)14-22(17-8-9-17)15-19-20-10-12-23-19/h1-3,5-6,10,12,17-18H,4,7-9,11,13-15H2/t18-/m1/s1. The van der Waals surface area contributed by atoms with E-state index in [1.807, 2.05) is 6.20 Å². The van der Waals surface area contributed by atoms with Crippen molar-refractivity contribution in [3.05, 3.63) is 52.5 Å². The monoisotopic (exact) mass is 327 g/mol. The van der Waals surface area contributed by atoms with Crippen LogP contribution in [0.1, 0.15) is 36.3 Å². The summed E-state index contributed by atoms with van der Waals surface area (Å²) >= 11 is 1.79. The van der Waals surface area contributed by atoms with Crippen LogP contribution >= 0.6 is 11.3 Å². The molecule has 0 N–H and O–H groups in total. The predicted molar refractivity (Wildman–Crippen MR) is 95.4 cm³/mol. The summed E-state index contributed by atoms with van der Waals surface area (Å²) in [5.74, 6) is 0. The van der Waals surface area contributed by atoms with Crippen molar-refractivity contribution in [2.75, 3.05) is 13.1 Å². The van der Waals surface area contributed by atoms with Crippen LogP contribution in [-0.2, 0) is 13.1 Å². The van der Waals surface area contributed by atoms with Crippen LogP contribution in [0.3, 0.4) is 0 Å². The zero-order valence-corrected chi connectivity index (χ0v) is 14.4. The lowest BCUT2D eigenvalue weighted by atomic mass is 10.1. The van der Waals surface area contributed by atoms with Gasteiger partial charge in [0, 0.05) is 36.8 Å². The summed E-state index contributed by atoms with van der Waals surface area (Å²) in [5.41, 5.74) is 1.44. The van der Waals surface area contributed by atoms with Crippen molar-refractivity contribution in [3.8, 4) is 0 Å². The van der Waals surface area contributed by atoms with Crippen molar-refractivity contribution in [1.29, 1.82) is 0 Å². The van der Waals surface area contributed by atoms with Gasteiger partial charge in [-0.05, 0) is 37.8 Å². The second kappa shape index (κ2) is 7.12. The first-order chi connectivity index (χ1) is 11.4. The van der Waals surface area contributed by atoms with E-state index in [9.17, 15) is 0 Å². The molecule has 2 heterocycles. The normalized spacial score (nSPS) is 22.0. The van der Waals surface area contributed by atoms with Gasteiger partial charge in [-0.15, -0.1) is 11.3 Å². The lowest BCUT2D eigenvalue weighted by Gasteiger charge is -2.30.